The van der Waals surface area contributed by atoms with Crippen molar-refractivity contribution in [2.75, 3.05) is 12.0 Å². The highest BCUT2D eigenvalue weighted by Gasteiger charge is 2.09. The molecule has 92 valence electrons. The number of furan rings is 1. The quantitative estimate of drug-likeness (QED) is 0.796. The Kier molecular flexibility index (Phi) is 5.77. The van der Waals surface area contributed by atoms with E-state index in [2.05, 4.69) is 19.2 Å². The third kappa shape index (κ3) is 5.47. The summed E-state index contributed by atoms with van der Waals surface area (Å²) in [6.45, 7) is 4.23. The lowest BCUT2D eigenvalue weighted by atomic mass is 10.1. The third-order valence-corrected chi connectivity index (χ3v) is 3.43. The molecular weight excluding hydrogens is 222 g/mol. The van der Waals surface area contributed by atoms with Gasteiger partial charge in [-0.05, 0) is 32.4 Å². The first-order chi connectivity index (χ1) is 7.58. The summed E-state index contributed by atoms with van der Waals surface area (Å²) in [5.74, 6) is 1.74. The van der Waals surface area contributed by atoms with Crippen LogP contribution in [0.25, 0.3) is 0 Å². The molecule has 3 unspecified atom stereocenters. The highest BCUT2D eigenvalue weighted by Crippen LogP contribution is 2.06. The molecule has 0 bridgehead atoms. The van der Waals surface area contributed by atoms with Crippen LogP contribution in [0.1, 0.15) is 26.0 Å². The van der Waals surface area contributed by atoms with Gasteiger partial charge in [0.15, 0.2) is 0 Å². The summed E-state index contributed by atoms with van der Waals surface area (Å²) in [7, 11) is -0.727. The molecule has 3 nitrogen and oxygen atoms in total. The van der Waals surface area contributed by atoms with Gasteiger partial charge < -0.3 is 9.73 Å². The Morgan fingerprint density at radius 2 is 2.19 bits per heavy atom. The van der Waals surface area contributed by atoms with E-state index in [1.165, 1.54) is 0 Å². The predicted molar refractivity (Wildman–Crippen MR) is 68.0 cm³/mol. The van der Waals surface area contributed by atoms with E-state index in [9.17, 15) is 4.21 Å². The highest BCUT2D eigenvalue weighted by atomic mass is 32.2. The Labute approximate surface area is 100 Å². The first-order valence-corrected chi connectivity index (χ1v) is 7.39. The molecule has 1 heterocycles. The van der Waals surface area contributed by atoms with E-state index >= 15 is 0 Å². The van der Waals surface area contributed by atoms with Crippen molar-refractivity contribution in [2.24, 2.45) is 0 Å². The fourth-order valence-corrected chi connectivity index (χ4v) is 2.58. The molecule has 0 amide bonds. The Hall–Kier alpha value is -0.610. The normalized spacial score (nSPS) is 16.9. The minimum atomic E-state index is -0.727. The molecule has 0 fully saturated rings. The van der Waals surface area contributed by atoms with Crippen LogP contribution in [0.2, 0.25) is 0 Å². The van der Waals surface area contributed by atoms with Gasteiger partial charge in [-0.25, -0.2) is 0 Å². The fourth-order valence-electron chi connectivity index (χ4n) is 1.78. The summed E-state index contributed by atoms with van der Waals surface area (Å²) in [6, 6.07) is 4.63. The second-order valence-corrected chi connectivity index (χ2v) is 5.81. The molecule has 1 rings (SSSR count). The topological polar surface area (TPSA) is 42.2 Å². The van der Waals surface area contributed by atoms with Crippen LogP contribution in [0.15, 0.2) is 22.8 Å². The molecule has 16 heavy (non-hydrogen) atoms. The van der Waals surface area contributed by atoms with Crippen molar-refractivity contribution in [1.82, 2.24) is 5.32 Å². The molecule has 1 aromatic rings. The van der Waals surface area contributed by atoms with Crippen LogP contribution in [0, 0.1) is 0 Å². The van der Waals surface area contributed by atoms with Gasteiger partial charge in [0.1, 0.15) is 5.76 Å². The van der Waals surface area contributed by atoms with Crippen LogP contribution >= 0.6 is 0 Å². The minimum Gasteiger partial charge on any atom is -0.469 e. The van der Waals surface area contributed by atoms with E-state index in [1.807, 2.05) is 12.1 Å². The number of nitrogens with one attached hydrogen (secondary N) is 1. The van der Waals surface area contributed by atoms with E-state index in [4.69, 9.17) is 4.42 Å². The largest absolute Gasteiger partial charge is 0.469 e. The number of rotatable bonds is 7. The van der Waals surface area contributed by atoms with Crippen molar-refractivity contribution in [3.05, 3.63) is 24.2 Å². The fraction of sp³-hybridized carbons (Fsp3) is 0.667. The number of hydrogen-bond acceptors (Lipinski definition) is 3. The third-order valence-electron chi connectivity index (χ3n) is 2.46. The zero-order valence-corrected chi connectivity index (χ0v) is 11.0. The molecule has 1 aromatic heterocycles. The second-order valence-electron chi connectivity index (χ2n) is 4.33. The van der Waals surface area contributed by atoms with Gasteiger partial charge in [0.05, 0.1) is 6.26 Å². The number of hydrogen-bond donors (Lipinski definition) is 1. The van der Waals surface area contributed by atoms with Crippen LogP contribution in [0.3, 0.4) is 0 Å². The zero-order valence-electron chi connectivity index (χ0n) is 10.2. The van der Waals surface area contributed by atoms with Crippen molar-refractivity contribution >= 4 is 10.8 Å². The van der Waals surface area contributed by atoms with Gasteiger partial charge in [0.25, 0.3) is 0 Å². The van der Waals surface area contributed by atoms with Crippen LogP contribution in [-0.2, 0) is 17.2 Å². The summed E-state index contributed by atoms with van der Waals surface area (Å²) >= 11 is 0. The smallest absolute Gasteiger partial charge is 0.103 e. The Bertz CT molecular complexity index is 311. The van der Waals surface area contributed by atoms with Gasteiger partial charge >= 0.3 is 0 Å². The lowest BCUT2D eigenvalue weighted by molar-refractivity contribution is 0.438. The van der Waals surface area contributed by atoms with Crippen LogP contribution in [-0.4, -0.2) is 28.3 Å². The summed E-state index contributed by atoms with van der Waals surface area (Å²) in [4.78, 5) is 0. The summed E-state index contributed by atoms with van der Waals surface area (Å²) in [5.41, 5.74) is 0. The average molecular weight is 243 g/mol. The monoisotopic (exact) mass is 243 g/mol. The Morgan fingerprint density at radius 1 is 1.44 bits per heavy atom. The van der Waals surface area contributed by atoms with Gasteiger partial charge in [-0.1, -0.05) is 0 Å². The molecule has 0 aliphatic carbocycles. The van der Waals surface area contributed by atoms with Crippen LogP contribution in [0.5, 0.6) is 0 Å². The molecule has 0 aliphatic heterocycles. The molecular formula is C12H21NO2S. The SMILES string of the molecule is CC(CCc1ccco1)NC(C)CS(C)=O. The van der Waals surface area contributed by atoms with Gasteiger partial charge in [0.2, 0.25) is 0 Å². The summed E-state index contributed by atoms with van der Waals surface area (Å²) in [5, 5.41) is 3.44. The Morgan fingerprint density at radius 3 is 2.75 bits per heavy atom. The highest BCUT2D eigenvalue weighted by molar-refractivity contribution is 7.84. The van der Waals surface area contributed by atoms with E-state index < -0.39 is 10.8 Å². The van der Waals surface area contributed by atoms with E-state index in [0.717, 1.165) is 18.6 Å². The van der Waals surface area contributed by atoms with Crippen molar-refractivity contribution in [3.8, 4) is 0 Å². The van der Waals surface area contributed by atoms with E-state index in [1.54, 1.807) is 12.5 Å². The van der Waals surface area contributed by atoms with Crippen molar-refractivity contribution in [3.63, 3.8) is 0 Å². The lowest BCUT2D eigenvalue weighted by Crippen LogP contribution is -2.38. The van der Waals surface area contributed by atoms with E-state index in [-0.39, 0.29) is 0 Å². The maximum absolute atomic E-state index is 11.0. The molecule has 0 radical (unpaired) electrons. The lowest BCUT2D eigenvalue weighted by Gasteiger charge is -2.18. The molecule has 0 aliphatic rings. The van der Waals surface area contributed by atoms with Gasteiger partial charge in [-0.3, -0.25) is 4.21 Å². The first-order valence-electron chi connectivity index (χ1n) is 5.66. The average Bonchev–Trinajstić information content (AvgIpc) is 2.65. The maximum Gasteiger partial charge on any atom is 0.103 e. The molecule has 0 saturated heterocycles. The van der Waals surface area contributed by atoms with Crippen molar-refractivity contribution in [1.29, 1.82) is 0 Å². The minimum absolute atomic E-state index is 0.303. The zero-order chi connectivity index (χ0) is 12.0. The van der Waals surface area contributed by atoms with E-state index in [0.29, 0.717) is 17.8 Å². The van der Waals surface area contributed by atoms with Gasteiger partial charge in [-0.2, -0.15) is 0 Å². The Balaban J connectivity index is 2.20. The predicted octanol–water partition coefficient (Wildman–Crippen LogP) is 1.96. The van der Waals surface area contributed by atoms with Gasteiger partial charge in [0, 0.05) is 41.3 Å². The van der Waals surface area contributed by atoms with Crippen molar-refractivity contribution in [2.45, 2.75) is 38.8 Å². The van der Waals surface area contributed by atoms with Crippen molar-refractivity contribution < 1.29 is 8.63 Å². The molecule has 0 saturated carbocycles. The molecule has 0 spiro atoms. The second kappa shape index (κ2) is 6.86. The first kappa shape index (κ1) is 13.5. The maximum atomic E-state index is 11.0. The summed E-state index contributed by atoms with van der Waals surface area (Å²) in [6.07, 6.45) is 5.43. The molecule has 3 atom stereocenters. The van der Waals surface area contributed by atoms with Crippen LogP contribution in [0.4, 0.5) is 0 Å². The molecule has 4 heteroatoms. The standard InChI is InChI=1S/C12H21NO2S/c1-10(13-11(2)9-16(3)14)6-7-12-5-4-8-15-12/h4-5,8,10-11,13H,6-7,9H2,1-3H3. The van der Waals surface area contributed by atoms with Gasteiger partial charge in [-0.15, -0.1) is 0 Å². The molecule has 1 N–H and O–H groups in total. The summed E-state index contributed by atoms with van der Waals surface area (Å²) < 4.78 is 16.3. The molecule has 0 aromatic carbocycles. The van der Waals surface area contributed by atoms with Crippen LogP contribution < -0.4 is 5.32 Å². The number of aryl methyl sites for hydroxylation is 1.